The molecular weight excluding hydrogens is 375 g/mol. The van der Waals surface area contributed by atoms with Crippen molar-refractivity contribution in [1.82, 2.24) is 10.2 Å². The van der Waals surface area contributed by atoms with Gasteiger partial charge in [-0.3, -0.25) is 9.69 Å². The highest BCUT2D eigenvalue weighted by molar-refractivity contribution is 6.42. The van der Waals surface area contributed by atoms with Crippen LogP contribution in [0.3, 0.4) is 0 Å². The van der Waals surface area contributed by atoms with Gasteiger partial charge in [-0.2, -0.15) is 0 Å². The van der Waals surface area contributed by atoms with Crippen LogP contribution in [0.1, 0.15) is 18.1 Å². The standard InChI is InChI=1S/C19H20Cl2N2O3/c1-12(23(2)10-14-3-5-15(20)16(21)7-14)19(24)22-9-13-4-6-17-18(8-13)26-11-25-17/h3-8,12H,9-11H2,1-2H3,(H,22,24). The molecule has 3 rings (SSSR count). The summed E-state index contributed by atoms with van der Waals surface area (Å²) in [5.41, 5.74) is 1.96. The molecule has 138 valence electrons. The molecule has 26 heavy (non-hydrogen) atoms. The third kappa shape index (κ3) is 4.41. The van der Waals surface area contributed by atoms with E-state index in [1.165, 1.54) is 0 Å². The van der Waals surface area contributed by atoms with E-state index in [1.54, 1.807) is 6.07 Å². The summed E-state index contributed by atoms with van der Waals surface area (Å²) >= 11 is 12.0. The molecule has 1 N–H and O–H groups in total. The molecule has 1 atom stereocenters. The van der Waals surface area contributed by atoms with Crippen molar-refractivity contribution in [2.45, 2.75) is 26.1 Å². The summed E-state index contributed by atoms with van der Waals surface area (Å²) in [6.07, 6.45) is 0. The molecule has 2 aromatic rings. The van der Waals surface area contributed by atoms with E-state index in [1.807, 2.05) is 49.2 Å². The predicted molar refractivity (Wildman–Crippen MR) is 102 cm³/mol. The lowest BCUT2D eigenvalue weighted by atomic mass is 10.1. The number of nitrogens with one attached hydrogen (secondary N) is 1. The molecule has 0 bridgehead atoms. The molecule has 1 amide bonds. The number of fused-ring (bicyclic) bond motifs is 1. The molecule has 1 heterocycles. The highest BCUT2D eigenvalue weighted by Gasteiger charge is 2.19. The number of benzene rings is 2. The number of halogens is 2. The SMILES string of the molecule is CC(C(=O)NCc1ccc2c(c1)OCO2)N(C)Cc1ccc(Cl)c(Cl)c1. The smallest absolute Gasteiger partial charge is 0.237 e. The summed E-state index contributed by atoms with van der Waals surface area (Å²) in [5.74, 6) is 1.39. The largest absolute Gasteiger partial charge is 0.454 e. The van der Waals surface area contributed by atoms with Gasteiger partial charge in [0, 0.05) is 13.1 Å². The first kappa shape index (κ1) is 18.8. The fraction of sp³-hybridized carbons (Fsp3) is 0.316. The summed E-state index contributed by atoms with van der Waals surface area (Å²) in [7, 11) is 1.90. The molecule has 0 saturated carbocycles. The summed E-state index contributed by atoms with van der Waals surface area (Å²) in [6.45, 7) is 3.13. The number of nitrogens with zero attached hydrogens (tertiary/aromatic N) is 1. The van der Waals surface area contributed by atoms with Gasteiger partial charge in [-0.05, 0) is 49.4 Å². The lowest BCUT2D eigenvalue weighted by Crippen LogP contribution is -2.42. The molecule has 1 aliphatic rings. The quantitative estimate of drug-likeness (QED) is 0.807. The van der Waals surface area contributed by atoms with Crippen molar-refractivity contribution in [1.29, 1.82) is 0 Å². The van der Waals surface area contributed by atoms with E-state index in [2.05, 4.69) is 5.32 Å². The molecule has 0 aromatic heterocycles. The molecule has 0 spiro atoms. The Morgan fingerprint density at radius 1 is 1.12 bits per heavy atom. The van der Waals surface area contributed by atoms with Gasteiger partial charge in [0.25, 0.3) is 0 Å². The summed E-state index contributed by atoms with van der Waals surface area (Å²) in [4.78, 5) is 14.4. The van der Waals surface area contributed by atoms with Crippen LogP contribution in [-0.2, 0) is 17.9 Å². The Balaban J connectivity index is 1.54. The summed E-state index contributed by atoms with van der Waals surface area (Å²) in [6, 6.07) is 10.8. The minimum absolute atomic E-state index is 0.0507. The molecule has 7 heteroatoms. The first-order valence-electron chi connectivity index (χ1n) is 8.24. The second-order valence-electron chi connectivity index (χ2n) is 6.24. The van der Waals surface area contributed by atoms with Gasteiger partial charge in [0.15, 0.2) is 11.5 Å². The molecule has 0 saturated heterocycles. The topological polar surface area (TPSA) is 50.8 Å². The van der Waals surface area contributed by atoms with Gasteiger partial charge in [0.1, 0.15) is 0 Å². The van der Waals surface area contributed by atoms with Gasteiger partial charge < -0.3 is 14.8 Å². The van der Waals surface area contributed by atoms with E-state index >= 15 is 0 Å². The van der Waals surface area contributed by atoms with Crippen LogP contribution < -0.4 is 14.8 Å². The molecule has 1 aliphatic heterocycles. The first-order chi connectivity index (χ1) is 12.4. The zero-order valence-corrected chi connectivity index (χ0v) is 16.1. The maximum atomic E-state index is 12.4. The highest BCUT2D eigenvalue weighted by Crippen LogP contribution is 2.32. The van der Waals surface area contributed by atoms with Crippen molar-refractivity contribution in [3.8, 4) is 11.5 Å². The average Bonchev–Trinajstić information content (AvgIpc) is 3.09. The van der Waals surface area contributed by atoms with Crippen molar-refractivity contribution in [3.05, 3.63) is 57.6 Å². The van der Waals surface area contributed by atoms with E-state index in [9.17, 15) is 4.79 Å². The fourth-order valence-electron chi connectivity index (χ4n) is 2.65. The maximum Gasteiger partial charge on any atom is 0.237 e. The minimum Gasteiger partial charge on any atom is -0.454 e. The molecular formula is C19H20Cl2N2O3. The van der Waals surface area contributed by atoms with Crippen LogP contribution in [0.15, 0.2) is 36.4 Å². The highest BCUT2D eigenvalue weighted by atomic mass is 35.5. The Morgan fingerprint density at radius 3 is 2.62 bits per heavy atom. The van der Waals surface area contributed by atoms with Crippen LogP contribution in [0.25, 0.3) is 0 Å². The number of carbonyl (C=O) groups excluding carboxylic acids is 1. The van der Waals surface area contributed by atoms with E-state index in [-0.39, 0.29) is 18.7 Å². The lowest BCUT2D eigenvalue weighted by molar-refractivity contribution is -0.125. The van der Waals surface area contributed by atoms with Crippen LogP contribution in [0.2, 0.25) is 10.0 Å². The molecule has 0 radical (unpaired) electrons. The Labute approximate surface area is 162 Å². The van der Waals surface area contributed by atoms with E-state index in [4.69, 9.17) is 32.7 Å². The molecule has 0 fully saturated rings. The van der Waals surface area contributed by atoms with Crippen molar-refractivity contribution in [3.63, 3.8) is 0 Å². The number of ether oxygens (including phenoxy) is 2. The summed E-state index contributed by atoms with van der Waals surface area (Å²) < 4.78 is 10.6. The van der Waals surface area contributed by atoms with Crippen LogP contribution in [0.4, 0.5) is 0 Å². The first-order valence-corrected chi connectivity index (χ1v) is 9.00. The molecule has 2 aromatic carbocycles. The third-order valence-electron chi connectivity index (χ3n) is 4.36. The van der Waals surface area contributed by atoms with Gasteiger partial charge in [0.05, 0.1) is 16.1 Å². The minimum atomic E-state index is -0.293. The van der Waals surface area contributed by atoms with Gasteiger partial charge >= 0.3 is 0 Å². The molecule has 0 aliphatic carbocycles. The number of amides is 1. The van der Waals surface area contributed by atoms with Gasteiger partial charge in [-0.25, -0.2) is 0 Å². The second kappa shape index (κ2) is 8.16. The zero-order valence-electron chi connectivity index (χ0n) is 14.6. The Kier molecular flexibility index (Phi) is 5.91. The Hall–Kier alpha value is -1.95. The van der Waals surface area contributed by atoms with E-state index in [0.29, 0.717) is 28.9 Å². The van der Waals surface area contributed by atoms with Gasteiger partial charge in [-0.1, -0.05) is 35.3 Å². The predicted octanol–water partition coefficient (Wildman–Crippen LogP) is 3.86. The van der Waals surface area contributed by atoms with Crippen LogP contribution in [0.5, 0.6) is 11.5 Å². The molecule has 5 nitrogen and oxygen atoms in total. The van der Waals surface area contributed by atoms with Crippen LogP contribution in [0, 0.1) is 0 Å². The van der Waals surface area contributed by atoms with Crippen molar-refractivity contribution < 1.29 is 14.3 Å². The number of rotatable bonds is 6. The number of hydrogen-bond acceptors (Lipinski definition) is 4. The van der Waals surface area contributed by atoms with Crippen molar-refractivity contribution in [2.24, 2.45) is 0 Å². The Bertz CT molecular complexity index is 813. The normalized spacial score (nSPS) is 13.7. The lowest BCUT2D eigenvalue weighted by Gasteiger charge is -2.24. The van der Waals surface area contributed by atoms with Crippen molar-refractivity contribution >= 4 is 29.1 Å². The number of hydrogen-bond donors (Lipinski definition) is 1. The van der Waals surface area contributed by atoms with Gasteiger partial charge in [-0.15, -0.1) is 0 Å². The van der Waals surface area contributed by atoms with Gasteiger partial charge in [0.2, 0.25) is 12.7 Å². The zero-order chi connectivity index (χ0) is 18.7. The van der Waals surface area contributed by atoms with Crippen molar-refractivity contribution in [2.75, 3.05) is 13.8 Å². The van der Waals surface area contributed by atoms with E-state index in [0.717, 1.165) is 16.9 Å². The average molecular weight is 395 g/mol. The fourth-order valence-corrected chi connectivity index (χ4v) is 2.97. The summed E-state index contributed by atoms with van der Waals surface area (Å²) in [5, 5.41) is 3.99. The monoisotopic (exact) mass is 394 g/mol. The maximum absolute atomic E-state index is 12.4. The third-order valence-corrected chi connectivity index (χ3v) is 5.10. The van der Waals surface area contributed by atoms with E-state index < -0.39 is 0 Å². The Morgan fingerprint density at radius 2 is 1.85 bits per heavy atom. The number of carbonyl (C=O) groups is 1. The van der Waals surface area contributed by atoms with Crippen LogP contribution >= 0.6 is 23.2 Å². The number of likely N-dealkylation sites (N-methyl/N-ethyl adjacent to an activating group) is 1. The van der Waals surface area contributed by atoms with Crippen LogP contribution in [-0.4, -0.2) is 30.7 Å². The second-order valence-corrected chi connectivity index (χ2v) is 7.06. The molecule has 1 unspecified atom stereocenters.